The van der Waals surface area contributed by atoms with Crippen LogP contribution in [0.2, 0.25) is 0 Å². The van der Waals surface area contributed by atoms with E-state index in [1.165, 1.54) is 24.3 Å². The summed E-state index contributed by atoms with van der Waals surface area (Å²) in [5.74, 6) is 0. The number of hydrogen-bond donors (Lipinski definition) is 4. The first kappa shape index (κ1) is 12.8. The summed E-state index contributed by atoms with van der Waals surface area (Å²) in [5, 5.41) is 52.4. The standard InChI is InChI=1S/C10H8N4O4/c11-5-9(13(15)16)7-1-2-8(4-3-7)10(6-12)14(17)18/h1-4,15-18H/q+2. The van der Waals surface area contributed by atoms with Gasteiger partial charge in [0.05, 0.1) is 11.1 Å². The number of nitrogens with zero attached hydrogens (tertiary/aromatic N) is 4. The minimum atomic E-state index is -0.412. The molecule has 0 radical (unpaired) electrons. The molecule has 0 saturated heterocycles. The third-order valence-electron chi connectivity index (χ3n) is 2.04. The Hall–Kier alpha value is -3.26. The summed E-state index contributed by atoms with van der Waals surface area (Å²) in [4.78, 5) is -0.650. The molecule has 0 atom stereocenters. The maximum atomic E-state index is 8.76. The number of benzene rings is 1. The van der Waals surface area contributed by atoms with Gasteiger partial charge < -0.3 is 0 Å². The molecule has 8 nitrogen and oxygen atoms in total. The molecule has 1 rings (SSSR count). The van der Waals surface area contributed by atoms with Gasteiger partial charge in [-0.15, -0.1) is 0 Å². The Balaban J connectivity index is 3.26. The summed E-state index contributed by atoms with van der Waals surface area (Å²) >= 11 is 0. The van der Waals surface area contributed by atoms with Gasteiger partial charge in [-0.1, -0.05) is 0 Å². The highest BCUT2D eigenvalue weighted by Gasteiger charge is 2.21. The lowest BCUT2D eigenvalue weighted by molar-refractivity contribution is -0.954. The van der Waals surface area contributed by atoms with Crippen molar-refractivity contribution < 1.29 is 30.6 Å². The molecule has 0 aromatic heterocycles. The van der Waals surface area contributed by atoms with E-state index in [-0.39, 0.29) is 20.9 Å². The second-order valence-corrected chi connectivity index (χ2v) is 3.08. The Morgan fingerprint density at radius 3 is 1.22 bits per heavy atom. The number of nitriles is 2. The third kappa shape index (κ3) is 2.46. The molecule has 0 amide bonds. The highest BCUT2D eigenvalue weighted by molar-refractivity contribution is 6.10. The number of rotatable bonds is 2. The molecule has 0 aliphatic carbocycles. The van der Waals surface area contributed by atoms with Crippen molar-refractivity contribution in [1.82, 2.24) is 0 Å². The predicted molar refractivity (Wildman–Crippen MR) is 53.6 cm³/mol. The fourth-order valence-electron chi connectivity index (χ4n) is 1.24. The van der Waals surface area contributed by atoms with E-state index in [1.54, 1.807) is 12.1 Å². The minimum absolute atomic E-state index is 0.186. The van der Waals surface area contributed by atoms with Crippen LogP contribution in [-0.2, 0) is 0 Å². The molecule has 0 aliphatic rings. The quantitative estimate of drug-likeness (QED) is 0.328. The van der Waals surface area contributed by atoms with E-state index >= 15 is 0 Å². The van der Waals surface area contributed by atoms with E-state index < -0.39 is 11.4 Å². The normalized spacial score (nSPS) is 8.78. The average molecular weight is 248 g/mol. The molecular weight excluding hydrogens is 240 g/mol. The van der Waals surface area contributed by atoms with Crippen molar-refractivity contribution in [1.29, 1.82) is 10.5 Å². The molecule has 0 heterocycles. The Labute approximate surface area is 101 Å². The molecule has 8 heteroatoms. The van der Waals surface area contributed by atoms with Gasteiger partial charge in [-0.05, 0) is 24.3 Å². The lowest BCUT2D eigenvalue weighted by Gasteiger charge is -1.94. The molecular formula is C10H8N4O4+2. The lowest BCUT2D eigenvalue weighted by Crippen LogP contribution is -2.16. The van der Waals surface area contributed by atoms with Gasteiger partial charge in [-0.3, -0.25) is 0 Å². The Bertz CT molecular complexity index is 541. The molecule has 4 N–H and O–H groups in total. The van der Waals surface area contributed by atoms with Crippen molar-refractivity contribution in [2.24, 2.45) is 0 Å². The monoisotopic (exact) mass is 248 g/mol. The van der Waals surface area contributed by atoms with E-state index in [2.05, 4.69) is 0 Å². The van der Waals surface area contributed by atoms with Crippen LogP contribution in [0.4, 0.5) is 0 Å². The SMILES string of the molecule is N#CC(c1ccc(C(C#N)=[N+](O)O)cc1)=[N+](O)O. The second kappa shape index (κ2) is 5.18. The van der Waals surface area contributed by atoms with Crippen LogP contribution in [0.3, 0.4) is 0 Å². The van der Waals surface area contributed by atoms with Gasteiger partial charge in [0.25, 0.3) is 0 Å². The first-order valence-corrected chi connectivity index (χ1v) is 4.52. The van der Waals surface area contributed by atoms with Gasteiger partial charge in [-0.25, -0.2) is 20.8 Å². The highest BCUT2D eigenvalue weighted by Crippen LogP contribution is 2.06. The van der Waals surface area contributed by atoms with Crippen LogP contribution in [0, 0.1) is 22.7 Å². The van der Waals surface area contributed by atoms with Gasteiger partial charge in [-0.2, -0.15) is 10.5 Å². The molecule has 1 aromatic carbocycles. The molecule has 90 valence electrons. The molecule has 0 fully saturated rings. The summed E-state index contributed by atoms with van der Waals surface area (Å²) in [5.41, 5.74) is -0.452. The van der Waals surface area contributed by atoms with Crippen molar-refractivity contribution in [2.75, 3.05) is 0 Å². The van der Waals surface area contributed by atoms with Gasteiger partial charge in [0.15, 0.2) is 12.1 Å². The Morgan fingerprint density at radius 1 is 0.778 bits per heavy atom. The van der Waals surface area contributed by atoms with Crippen LogP contribution in [0.25, 0.3) is 0 Å². The minimum Gasteiger partial charge on any atom is -0.243 e. The van der Waals surface area contributed by atoms with E-state index in [9.17, 15) is 0 Å². The first-order chi connectivity index (χ1) is 8.51. The van der Waals surface area contributed by atoms with Crippen molar-refractivity contribution in [2.45, 2.75) is 0 Å². The van der Waals surface area contributed by atoms with Crippen LogP contribution < -0.4 is 0 Å². The lowest BCUT2D eigenvalue weighted by atomic mass is 10.1. The maximum Gasteiger partial charge on any atom is 0.394 e. The largest absolute Gasteiger partial charge is 0.394 e. The van der Waals surface area contributed by atoms with Crippen LogP contribution in [0.15, 0.2) is 24.3 Å². The van der Waals surface area contributed by atoms with Crippen molar-refractivity contribution >= 4 is 11.4 Å². The Kier molecular flexibility index (Phi) is 3.69. The van der Waals surface area contributed by atoms with Gasteiger partial charge >= 0.3 is 11.4 Å². The zero-order valence-electron chi connectivity index (χ0n) is 8.89. The molecule has 0 bridgehead atoms. The zero-order valence-corrected chi connectivity index (χ0v) is 8.89. The van der Waals surface area contributed by atoms with Gasteiger partial charge in [0.2, 0.25) is 9.80 Å². The van der Waals surface area contributed by atoms with E-state index in [4.69, 9.17) is 31.4 Å². The summed E-state index contributed by atoms with van der Waals surface area (Å²) in [6.45, 7) is 0. The van der Waals surface area contributed by atoms with Crippen LogP contribution in [0.5, 0.6) is 0 Å². The van der Waals surface area contributed by atoms with Crippen LogP contribution in [-0.4, -0.2) is 42.1 Å². The second-order valence-electron chi connectivity index (χ2n) is 3.08. The summed E-state index contributed by atoms with van der Waals surface area (Å²) in [6, 6.07) is 8.38. The van der Waals surface area contributed by atoms with E-state index in [0.29, 0.717) is 0 Å². The maximum absolute atomic E-state index is 8.76. The first-order valence-electron chi connectivity index (χ1n) is 4.52. The highest BCUT2D eigenvalue weighted by atomic mass is 16.8. The van der Waals surface area contributed by atoms with Crippen molar-refractivity contribution in [3.8, 4) is 12.1 Å². The summed E-state index contributed by atoms with van der Waals surface area (Å²) in [6.07, 6.45) is 0. The predicted octanol–water partition coefficient (Wildman–Crippen LogP) is -0.106. The van der Waals surface area contributed by atoms with E-state index in [0.717, 1.165) is 0 Å². The van der Waals surface area contributed by atoms with Gasteiger partial charge in [0, 0.05) is 0 Å². The topological polar surface area (TPSA) is 135 Å². The van der Waals surface area contributed by atoms with Crippen LogP contribution >= 0.6 is 0 Å². The third-order valence-corrected chi connectivity index (χ3v) is 2.04. The Morgan fingerprint density at radius 2 is 1.06 bits per heavy atom. The van der Waals surface area contributed by atoms with Crippen molar-refractivity contribution in [3.63, 3.8) is 0 Å². The van der Waals surface area contributed by atoms with Gasteiger partial charge in [0.1, 0.15) is 0 Å². The molecule has 0 spiro atoms. The summed E-state index contributed by atoms with van der Waals surface area (Å²) in [7, 11) is 0. The number of hydrogen-bond acceptors (Lipinski definition) is 6. The zero-order chi connectivity index (χ0) is 13.7. The fourth-order valence-corrected chi connectivity index (χ4v) is 1.24. The molecule has 18 heavy (non-hydrogen) atoms. The molecule has 0 aliphatic heterocycles. The smallest absolute Gasteiger partial charge is 0.243 e. The summed E-state index contributed by atoms with van der Waals surface area (Å²) < 4.78 is 0. The van der Waals surface area contributed by atoms with E-state index in [1.807, 2.05) is 0 Å². The molecule has 1 aromatic rings. The average Bonchev–Trinajstić information content (AvgIpc) is 2.32. The fraction of sp³-hybridized carbons (Fsp3) is 0. The molecule has 0 unspecified atom stereocenters. The van der Waals surface area contributed by atoms with Crippen molar-refractivity contribution in [3.05, 3.63) is 35.4 Å². The van der Waals surface area contributed by atoms with Crippen LogP contribution in [0.1, 0.15) is 11.1 Å². The molecule has 0 saturated carbocycles.